The molecule has 2 aromatic carbocycles. The van der Waals surface area contributed by atoms with E-state index in [9.17, 15) is 9.59 Å². The fourth-order valence-corrected chi connectivity index (χ4v) is 3.50. The van der Waals surface area contributed by atoms with Gasteiger partial charge in [0.25, 0.3) is 0 Å². The molecular formula is C21H23BrN2O3. The minimum Gasteiger partial charge on any atom is -0.495 e. The number of ether oxygens (including phenoxy) is 1. The van der Waals surface area contributed by atoms with Gasteiger partial charge in [0.15, 0.2) is 0 Å². The van der Waals surface area contributed by atoms with Crippen LogP contribution in [0.2, 0.25) is 0 Å². The van der Waals surface area contributed by atoms with Crippen LogP contribution in [0.3, 0.4) is 0 Å². The van der Waals surface area contributed by atoms with Gasteiger partial charge in [-0.25, -0.2) is 0 Å². The van der Waals surface area contributed by atoms with E-state index in [-0.39, 0.29) is 30.2 Å². The number of benzene rings is 2. The lowest BCUT2D eigenvalue weighted by Gasteiger charge is -2.21. The Morgan fingerprint density at radius 2 is 1.89 bits per heavy atom. The molecule has 1 N–H and O–H groups in total. The number of methoxy groups -OCH3 is 1. The van der Waals surface area contributed by atoms with E-state index in [0.717, 1.165) is 10.9 Å². The van der Waals surface area contributed by atoms with E-state index in [1.807, 2.05) is 43.3 Å². The van der Waals surface area contributed by atoms with Gasteiger partial charge < -0.3 is 15.0 Å². The summed E-state index contributed by atoms with van der Waals surface area (Å²) in [5.74, 6) is 0.621. The number of hydrogen-bond donors (Lipinski definition) is 1. The SMILES string of the molecule is CCN(CC(=O)Nc1ccccc1OC)C(=O)C1CC1c1ccc(Br)cc1. The molecule has 0 saturated heterocycles. The lowest BCUT2D eigenvalue weighted by atomic mass is 10.1. The number of nitrogens with zero attached hydrogens (tertiary/aromatic N) is 1. The number of nitrogens with one attached hydrogen (secondary N) is 1. The summed E-state index contributed by atoms with van der Waals surface area (Å²) in [6.45, 7) is 2.43. The van der Waals surface area contributed by atoms with Gasteiger partial charge in [0.2, 0.25) is 11.8 Å². The van der Waals surface area contributed by atoms with Crippen LogP contribution in [0.4, 0.5) is 5.69 Å². The van der Waals surface area contributed by atoms with Crippen LogP contribution in [0, 0.1) is 5.92 Å². The summed E-state index contributed by atoms with van der Waals surface area (Å²) in [7, 11) is 1.56. The largest absolute Gasteiger partial charge is 0.495 e. The number of carbonyl (C=O) groups excluding carboxylic acids is 2. The first kappa shape index (κ1) is 19.4. The van der Waals surface area contributed by atoms with Crippen molar-refractivity contribution in [1.29, 1.82) is 0 Å². The second-order valence-electron chi connectivity index (χ2n) is 6.60. The van der Waals surface area contributed by atoms with E-state index in [1.54, 1.807) is 24.1 Å². The molecular weight excluding hydrogens is 408 g/mol. The molecule has 2 aromatic rings. The maximum Gasteiger partial charge on any atom is 0.244 e. The molecule has 0 radical (unpaired) electrons. The molecule has 2 unspecified atom stereocenters. The molecule has 1 aliphatic rings. The number of hydrogen-bond acceptors (Lipinski definition) is 3. The zero-order chi connectivity index (χ0) is 19.4. The molecule has 0 spiro atoms. The molecule has 3 rings (SSSR count). The predicted octanol–water partition coefficient (Wildman–Crippen LogP) is 4.05. The Kier molecular flexibility index (Phi) is 6.16. The molecule has 0 aromatic heterocycles. The van der Waals surface area contributed by atoms with Gasteiger partial charge in [0.1, 0.15) is 5.75 Å². The minimum absolute atomic E-state index is 0.0369. The van der Waals surface area contributed by atoms with Gasteiger partial charge in [0, 0.05) is 16.9 Å². The van der Waals surface area contributed by atoms with Crippen molar-refractivity contribution >= 4 is 33.4 Å². The van der Waals surface area contributed by atoms with Crippen LogP contribution in [0.15, 0.2) is 53.0 Å². The molecule has 5 nitrogen and oxygen atoms in total. The van der Waals surface area contributed by atoms with E-state index >= 15 is 0 Å². The lowest BCUT2D eigenvalue weighted by Crippen LogP contribution is -2.39. The Morgan fingerprint density at radius 1 is 1.19 bits per heavy atom. The lowest BCUT2D eigenvalue weighted by molar-refractivity contribution is -0.135. The van der Waals surface area contributed by atoms with E-state index < -0.39 is 0 Å². The van der Waals surface area contributed by atoms with Crippen molar-refractivity contribution in [3.05, 3.63) is 58.6 Å². The quantitative estimate of drug-likeness (QED) is 0.720. The molecule has 0 aliphatic heterocycles. The first-order valence-corrected chi connectivity index (χ1v) is 9.80. The molecule has 1 aliphatic carbocycles. The van der Waals surface area contributed by atoms with Gasteiger partial charge in [-0.1, -0.05) is 40.2 Å². The monoisotopic (exact) mass is 430 g/mol. The average Bonchev–Trinajstić information content (AvgIpc) is 3.47. The van der Waals surface area contributed by atoms with Crippen LogP contribution in [-0.4, -0.2) is 36.9 Å². The number of carbonyl (C=O) groups is 2. The molecule has 1 fully saturated rings. The van der Waals surface area contributed by atoms with Gasteiger partial charge in [-0.3, -0.25) is 9.59 Å². The number of para-hydroxylation sites is 2. The molecule has 0 bridgehead atoms. The van der Waals surface area contributed by atoms with Crippen LogP contribution in [0.25, 0.3) is 0 Å². The fraction of sp³-hybridized carbons (Fsp3) is 0.333. The summed E-state index contributed by atoms with van der Waals surface area (Å²) in [5.41, 5.74) is 1.78. The van der Waals surface area contributed by atoms with Crippen molar-refractivity contribution in [2.24, 2.45) is 5.92 Å². The maximum absolute atomic E-state index is 12.8. The van der Waals surface area contributed by atoms with Crippen molar-refractivity contribution in [2.75, 3.05) is 25.5 Å². The summed E-state index contributed by atoms with van der Waals surface area (Å²) in [6.07, 6.45) is 0.838. The third-order valence-electron chi connectivity index (χ3n) is 4.81. The first-order chi connectivity index (χ1) is 13.0. The standard InChI is InChI=1S/C21H23BrN2O3/c1-3-24(13-20(25)23-18-6-4-5-7-19(18)27-2)21(26)17-12-16(17)14-8-10-15(22)11-9-14/h4-11,16-17H,3,12-13H2,1-2H3,(H,23,25). The Labute approximate surface area is 167 Å². The Bertz CT molecular complexity index is 822. The third-order valence-corrected chi connectivity index (χ3v) is 5.34. The number of amides is 2. The topological polar surface area (TPSA) is 58.6 Å². The van der Waals surface area contributed by atoms with E-state index in [2.05, 4.69) is 21.2 Å². The molecule has 2 amide bonds. The zero-order valence-corrected chi connectivity index (χ0v) is 17.0. The summed E-state index contributed by atoms with van der Waals surface area (Å²) < 4.78 is 6.27. The van der Waals surface area contributed by atoms with E-state index in [1.165, 1.54) is 5.56 Å². The first-order valence-electron chi connectivity index (χ1n) is 9.00. The highest BCUT2D eigenvalue weighted by atomic mass is 79.9. The Morgan fingerprint density at radius 3 is 2.56 bits per heavy atom. The molecule has 1 saturated carbocycles. The van der Waals surface area contributed by atoms with Crippen molar-refractivity contribution in [3.8, 4) is 5.75 Å². The number of anilines is 1. The van der Waals surface area contributed by atoms with E-state index in [4.69, 9.17) is 4.74 Å². The highest BCUT2D eigenvalue weighted by Crippen LogP contribution is 2.48. The van der Waals surface area contributed by atoms with Gasteiger partial charge in [-0.05, 0) is 49.1 Å². The molecule has 2 atom stereocenters. The summed E-state index contributed by atoms with van der Waals surface area (Å²) in [5, 5.41) is 2.83. The van der Waals surface area contributed by atoms with Gasteiger partial charge >= 0.3 is 0 Å². The second kappa shape index (κ2) is 8.57. The molecule has 0 heterocycles. The normalized spacial score (nSPS) is 17.9. The Hall–Kier alpha value is -2.34. The van der Waals surface area contributed by atoms with E-state index in [0.29, 0.717) is 18.0 Å². The number of likely N-dealkylation sites (N-methyl/N-ethyl adjacent to an activating group) is 1. The zero-order valence-electron chi connectivity index (χ0n) is 15.4. The highest BCUT2D eigenvalue weighted by molar-refractivity contribution is 9.10. The molecule has 27 heavy (non-hydrogen) atoms. The van der Waals surface area contributed by atoms with Crippen molar-refractivity contribution in [2.45, 2.75) is 19.3 Å². The van der Waals surface area contributed by atoms with Crippen LogP contribution in [-0.2, 0) is 9.59 Å². The van der Waals surface area contributed by atoms with Gasteiger partial charge in [-0.15, -0.1) is 0 Å². The minimum atomic E-state index is -0.226. The van der Waals surface area contributed by atoms with Crippen molar-refractivity contribution in [1.82, 2.24) is 4.90 Å². The van der Waals surface area contributed by atoms with Gasteiger partial charge in [0.05, 0.1) is 19.3 Å². The molecule has 6 heteroatoms. The third kappa shape index (κ3) is 4.69. The Balaban J connectivity index is 1.59. The average molecular weight is 431 g/mol. The van der Waals surface area contributed by atoms with Crippen LogP contribution < -0.4 is 10.1 Å². The second-order valence-corrected chi connectivity index (χ2v) is 7.52. The fourth-order valence-electron chi connectivity index (χ4n) is 3.24. The van der Waals surface area contributed by atoms with Crippen molar-refractivity contribution < 1.29 is 14.3 Å². The van der Waals surface area contributed by atoms with Crippen LogP contribution in [0.5, 0.6) is 5.75 Å². The van der Waals surface area contributed by atoms with Crippen LogP contribution in [0.1, 0.15) is 24.8 Å². The maximum atomic E-state index is 12.8. The van der Waals surface area contributed by atoms with Crippen LogP contribution >= 0.6 is 15.9 Å². The predicted molar refractivity (Wildman–Crippen MR) is 109 cm³/mol. The van der Waals surface area contributed by atoms with Crippen molar-refractivity contribution in [3.63, 3.8) is 0 Å². The highest BCUT2D eigenvalue weighted by Gasteiger charge is 2.45. The molecule has 142 valence electrons. The summed E-state index contributed by atoms with van der Waals surface area (Å²) >= 11 is 3.43. The number of rotatable bonds is 7. The summed E-state index contributed by atoms with van der Waals surface area (Å²) in [4.78, 5) is 26.9. The number of halogens is 1. The van der Waals surface area contributed by atoms with Gasteiger partial charge in [-0.2, -0.15) is 0 Å². The smallest absolute Gasteiger partial charge is 0.244 e. The summed E-state index contributed by atoms with van der Waals surface area (Å²) in [6, 6.07) is 15.3.